The Balaban J connectivity index is 2.54. The van der Waals surface area contributed by atoms with Gasteiger partial charge in [-0.25, -0.2) is 0 Å². The molecule has 0 spiro atoms. The van der Waals surface area contributed by atoms with Crippen molar-refractivity contribution in [1.82, 2.24) is 10.3 Å². The summed E-state index contributed by atoms with van der Waals surface area (Å²) in [4.78, 5) is 14.1. The summed E-state index contributed by atoms with van der Waals surface area (Å²) >= 11 is 0. The molecule has 0 bridgehead atoms. The highest BCUT2D eigenvalue weighted by Crippen LogP contribution is 2.05. The molecule has 4 nitrogen and oxygen atoms in total. The van der Waals surface area contributed by atoms with Gasteiger partial charge in [-0.05, 0) is 12.1 Å². The number of carboxylic acid groups (broad SMARTS) is 1. The van der Waals surface area contributed by atoms with Crippen LogP contribution in [0.15, 0.2) is 31.1 Å². The summed E-state index contributed by atoms with van der Waals surface area (Å²) in [6, 6.07) is 3.58. The van der Waals surface area contributed by atoms with E-state index in [9.17, 15) is 4.79 Å². The fourth-order valence-electron chi connectivity index (χ4n) is 0.826. The smallest absolute Gasteiger partial charge is 0.322 e. The van der Waals surface area contributed by atoms with Gasteiger partial charge in [0.05, 0.1) is 0 Å². The number of aromatic nitrogens is 1. The normalized spacial score (nSPS) is 9.23. The molecule has 0 aliphatic carbocycles. The summed E-state index contributed by atoms with van der Waals surface area (Å²) in [6.45, 7) is 3.55. The second-order valence-corrected chi connectivity index (χ2v) is 2.47. The number of hydrogen-bond acceptors (Lipinski definition) is 3. The first-order valence-corrected chi connectivity index (χ1v) is 3.75. The van der Waals surface area contributed by atoms with Gasteiger partial charge in [-0.3, -0.25) is 9.78 Å². The van der Waals surface area contributed by atoms with Crippen molar-refractivity contribution in [3.8, 4) is 0 Å². The minimum absolute atomic E-state index is 0.131. The van der Waals surface area contributed by atoms with Gasteiger partial charge in [-0.2, -0.15) is 0 Å². The van der Waals surface area contributed by atoms with Gasteiger partial charge in [0, 0.05) is 23.7 Å². The van der Waals surface area contributed by atoms with E-state index in [0.29, 0.717) is 5.70 Å². The Morgan fingerprint density at radius 3 is 3.00 bits per heavy atom. The first kappa shape index (κ1) is 9.25. The molecule has 13 heavy (non-hydrogen) atoms. The van der Waals surface area contributed by atoms with Gasteiger partial charge >= 0.3 is 5.97 Å². The topological polar surface area (TPSA) is 62.2 Å². The molecule has 1 heterocycles. The third-order valence-electron chi connectivity index (χ3n) is 1.46. The Labute approximate surface area is 75.9 Å². The number of carbonyl (C=O) groups is 1. The van der Waals surface area contributed by atoms with Crippen molar-refractivity contribution in [2.24, 2.45) is 0 Å². The highest BCUT2D eigenvalue weighted by atomic mass is 16.4. The molecule has 1 aromatic heterocycles. The number of rotatable bonds is 4. The monoisotopic (exact) mass is 178 g/mol. The van der Waals surface area contributed by atoms with E-state index in [4.69, 9.17) is 5.11 Å². The lowest BCUT2D eigenvalue weighted by molar-refractivity contribution is -0.135. The van der Waals surface area contributed by atoms with Gasteiger partial charge in [0.1, 0.15) is 6.54 Å². The summed E-state index contributed by atoms with van der Waals surface area (Å²) in [5, 5.41) is 11.1. The van der Waals surface area contributed by atoms with Crippen molar-refractivity contribution in [2.75, 3.05) is 6.54 Å². The molecule has 0 saturated heterocycles. The van der Waals surface area contributed by atoms with Crippen molar-refractivity contribution in [1.29, 1.82) is 0 Å². The highest BCUT2D eigenvalue weighted by molar-refractivity contribution is 5.72. The molecule has 0 amide bonds. The van der Waals surface area contributed by atoms with E-state index in [1.807, 2.05) is 6.07 Å². The fourth-order valence-corrected chi connectivity index (χ4v) is 0.826. The molecule has 4 heteroatoms. The van der Waals surface area contributed by atoms with E-state index in [0.717, 1.165) is 5.56 Å². The lowest BCUT2D eigenvalue weighted by atomic mass is 10.2. The standard InChI is InChI=1S/C9H10N2O2/c1-7(11-6-9(12)13)8-3-2-4-10-5-8/h2-5,11H,1,6H2,(H,12,13). The van der Waals surface area contributed by atoms with E-state index in [1.54, 1.807) is 18.5 Å². The van der Waals surface area contributed by atoms with Gasteiger partial charge in [0.15, 0.2) is 0 Å². The van der Waals surface area contributed by atoms with Crippen molar-refractivity contribution in [2.45, 2.75) is 0 Å². The molecule has 68 valence electrons. The van der Waals surface area contributed by atoms with Crippen LogP contribution in [0.5, 0.6) is 0 Å². The van der Waals surface area contributed by atoms with E-state index in [1.165, 1.54) is 0 Å². The number of carboxylic acids is 1. The van der Waals surface area contributed by atoms with Crippen LogP contribution >= 0.6 is 0 Å². The first-order chi connectivity index (χ1) is 6.20. The number of aliphatic carboxylic acids is 1. The molecular weight excluding hydrogens is 168 g/mol. The van der Waals surface area contributed by atoms with E-state index < -0.39 is 5.97 Å². The Morgan fingerprint density at radius 1 is 1.69 bits per heavy atom. The highest BCUT2D eigenvalue weighted by Gasteiger charge is 1.99. The zero-order valence-electron chi connectivity index (χ0n) is 7.03. The van der Waals surface area contributed by atoms with Gasteiger partial charge in [0.2, 0.25) is 0 Å². The van der Waals surface area contributed by atoms with Crippen LogP contribution in [0.25, 0.3) is 5.70 Å². The molecule has 0 aliphatic rings. The van der Waals surface area contributed by atoms with Crippen LogP contribution in [0, 0.1) is 0 Å². The van der Waals surface area contributed by atoms with Gasteiger partial charge in [0.25, 0.3) is 0 Å². The summed E-state index contributed by atoms with van der Waals surface area (Å²) in [7, 11) is 0. The van der Waals surface area contributed by atoms with Gasteiger partial charge in [-0.15, -0.1) is 0 Å². The summed E-state index contributed by atoms with van der Waals surface area (Å²) < 4.78 is 0. The quantitative estimate of drug-likeness (QED) is 0.713. The van der Waals surface area contributed by atoms with Crippen molar-refractivity contribution in [3.05, 3.63) is 36.7 Å². The van der Waals surface area contributed by atoms with Crippen LogP contribution in [0.4, 0.5) is 0 Å². The van der Waals surface area contributed by atoms with Gasteiger partial charge in [-0.1, -0.05) is 6.58 Å². The Bertz CT molecular complexity index is 309. The second kappa shape index (κ2) is 4.25. The molecule has 1 rings (SSSR count). The van der Waals surface area contributed by atoms with Crippen LogP contribution < -0.4 is 5.32 Å². The molecule has 0 saturated carbocycles. The largest absolute Gasteiger partial charge is 0.480 e. The maximum absolute atomic E-state index is 10.2. The number of nitrogens with one attached hydrogen (secondary N) is 1. The lowest BCUT2D eigenvalue weighted by Crippen LogP contribution is -2.20. The molecule has 0 unspecified atom stereocenters. The predicted octanol–water partition coefficient (Wildman–Crippen LogP) is 0.727. The van der Waals surface area contributed by atoms with Crippen LogP contribution in [0.2, 0.25) is 0 Å². The molecule has 0 fully saturated rings. The summed E-state index contributed by atoms with van der Waals surface area (Å²) in [5.41, 5.74) is 1.36. The minimum atomic E-state index is -0.912. The maximum Gasteiger partial charge on any atom is 0.322 e. The van der Waals surface area contributed by atoms with Crippen molar-refractivity contribution >= 4 is 11.7 Å². The lowest BCUT2D eigenvalue weighted by Gasteiger charge is -2.05. The number of hydrogen-bond donors (Lipinski definition) is 2. The molecule has 1 aromatic rings. The molecule has 0 radical (unpaired) electrons. The van der Waals surface area contributed by atoms with Crippen LogP contribution in [0.1, 0.15) is 5.56 Å². The zero-order chi connectivity index (χ0) is 9.68. The van der Waals surface area contributed by atoms with Crippen molar-refractivity contribution in [3.63, 3.8) is 0 Å². The first-order valence-electron chi connectivity index (χ1n) is 3.75. The maximum atomic E-state index is 10.2. The SMILES string of the molecule is C=C(NCC(=O)O)c1cccnc1. The number of pyridine rings is 1. The van der Waals surface area contributed by atoms with Crippen LogP contribution in [-0.2, 0) is 4.79 Å². The molecule has 2 N–H and O–H groups in total. The number of nitrogens with zero attached hydrogens (tertiary/aromatic N) is 1. The van der Waals surface area contributed by atoms with E-state index in [-0.39, 0.29) is 6.54 Å². The summed E-state index contributed by atoms with van der Waals surface area (Å²) in [6.07, 6.45) is 3.27. The Kier molecular flexibility index (Phi) is 3.03. The minimum Gasteiger partial charge on any atom is -0.480 e. The Morgan fingerprint density at radius 2 is 2.46 bits per heavy atom. The third-order valence-corrected chi connectivity index (χ3v) is 1.46. The third kappa shape index (κ3) is 2.94. The van der Waals surface area contributed by atoms with E-state index >= 15 is 0 Å². The predicted molar refractivity (Wildman–Crippen MR) is 48.9 cm³/mol. The second-order valence-electron chi connectivity index (χ2n) is 2.47. The van der Waals surface area contributed by atoms with E-state index in [2.05, 4.69) is 16.9 Å². The average molecular weight is 178 g/mol. The Hall–Kier alpha value is -1.84. The van der Waals surface area contributed by atoms with Crippen LogP contribution in [-0.4, -0.2) is 22.6 Å². The summed E-state index contributed by atoms with van der Waals surface area (Å²) in [5.74, 6) is -0.912. The average Bonchev–Trinajstić information content (AvgIpc) is 2.15. The fraction of sp³-hybridized carbons (Fsp3) is 0.111. The zero-order valence-corrected chi connectivity index (χ0v) is 7.03. The molecule has 0 aromatic carbocycles. The van der Waals surface area contributed by atoms with Crippen molar-refractivity contribution < 1.29 is 9.90 Å². The van der Waals surface area contributed by atoms with Crippen LogP contribution in [0.3, 0.4) is 0 Å². The van der Waals surface area contributed by atoms with Gasteiger partial charge < -0.3 is 10.4 Å². The molecular formula is C9H10N2O2. The molecule has 0 atom stereocenters. The molecule has 0 aliphatic heterocycles.